The molecule has 0 fully saturated rings. The second-order valence-corrected chi connectivity index (χ2v) is 8.97. The molecule has 0 radical (unpaired) electrons. The Morgan fingerprint density at radius 1 is 1.13 bits per heavy atom. The molecule has 0 bridgehead atoms. The average molecular weight is 409 g/mol. The first-order valence-corrected chi connectivity index (χ1v) is 10.8. The first-order valence-electron chi connectivity index (χ1n) is 10.8. The number of fused-ring (bicyclic) bond motifs is 1. The molecule has 2 aromatic rings. The van der Waals surface area contributed by atoms with Gasteiger partial charge in [0.1, 0.15) is 0 Å². The maximum Gasteiger partial charge on any atom is 0.258 e. The van der Waals surface area contributed by atoms with Gasteiger partial charge in [-0.2, -0.15) is 0 Å². The van der Waals surface area contributed by atoms with E-state index in [4.69, 9.17) is 0 Å². The summed E-state index contributed by atoms with van der Waals surface area (Å²) in [5.41, 5.74) is 3.66. The first kappa shape index (κ1) is 21.9. The highest BCUT2D eigenvalue weighted by atomic mass is 16.2. The van der Waals surface area contributed by atoms with Crippen molar-refractivity contribution in [3.63, 3.8) is 0 Å². The van der Waals surface area contributed by atoms with Gasteiger partial charge in [0.2, 0.25) is 11.9 Å². The molecule has 160 valence electrons. The second kappa shape index (κ2) is 9.37. The minimum Gasteiger partial charge on any atom is -0.338 e. The molecule has 0 saturated heterocycles. The van der Waals surface area contributed by atoms with E-state index in [1.807, 2.05) is 29.2 Å². The zero-order valence-corrected chi connectivity index (χ0v) is 18.5. The van der Waals surface area contributed by atoms with Crippen molar-refractivity contribution in [3.05, 3.63) is 52.8 Å². The number of unbranched alkanes of at least 4 members (excludes halogenated alkanes) is 2. The van der Waals surface area contributed by atoms with Gasteiger partial charge in [-0.25, -0.2) is 9.97 Å². The van der Waals surface area contributed by atoms with Crippen molar-refractivity contribution in [2.45, 2.75) is 71.8 Å². The molecule has 0 spiro atoms. The Balaban J connectivity index is 1.62. The molecule has 6 nitrogen and oxygen atoms in total. The number of anilines is 1. The van der Waals surface area contributed by atoms with E-state index in [1.165, 1.54) is 5.56 Å². The zero-order chi connectivity index (χ0) is 21.7. The Kier molecular flexibility index (Phi) is 6.85. The van der Waals surface area contributed by atoms with E-state index in [-0.39, 0.29) is 17.2 Å². The molecule has 1 aliphatic heterocycles. The number of benzene rings is 1. The third-order valence-corrected chi connectivity index (χ3v) is 5.52. The lowest BCUT2D eigenvalue weighted by Gasteiger charge is -2.28. The molecule has 2 amide bonds. The Morgan fingerprint density at radius 2 is 1.87 bits per heavy atom. The van der Waals surface area contributed by atoms with Crippen molar-refractivity contribution in [2.75, 3.05) is 11.9 Å². The van der Waals surface area contributed by atoms with Crippen molar-refractivity contribution in [3.8, 4) is 0 Å². The molecule has 2 heterocycles. The SMILES string of the molecule is CCCCCC(=O)N1CCc2nc(NC(=O)c3ccc(C(C)(C)C)cc3)ncc2C1. The number of carbonyl (C=O) groups excluding carboxylic acids is 2. The van der Waals surface area contributed by atoms with Gasteiger partial charge in [-0.15, -0.1) is 0 Å². The summed E-state index contributed by atoms with van der Waals surface area (Å²) < 4.78 is 0. The predicted molar refractivity (Wildman–Crippen MR) is 118 cm³/mol. The van der Waals surface area contributed by atoms with Crippen molar-refractivity contribution in [1.82, 2.24) is 14.9 Å². The fourth-order valence-electron chi connectivity index (χ4n) is 3.57. The standard InChI is InChI=1S/C24H32N4O2/c1-5-6-7-8-21(29)28-14-13-20-18(16-28)15-25-23(26-20)27-22(30)17-9-11-19(12-10-17)24(2,3)4/h9-12,15H,5-8,13-14,16H2,1-4H3,(H,25,26,27,30). The largest absolute Gasteiger partial charge is 0.338 e. The number of hydrogen-bond acceptors (Lipinski definition) is 4. The molecule has 0 unspecified atom stereocenters. The van der Waals surface area contributed by atoms with Crippen LogP contribution in [0.3, 0.4) is 0 Å². The Bertz CT molecular complexity index is 900. The van der Waals surface area contributed by atoms with Gasteiger partial charge in [0.25, 0.3) is 5.91 Å². The van der Waals surface area contributed by atoms with Crippen LogP contribution in [0, 0.1) is 0 Å². The summed E-state index contributed by atoms with van der Waals surface area (Å²) in [6.45, 7) is 9.77. The number of aromatic nitrogens is 2. The molecule has 1 aromatic carbocycles. The van der Waals surface area contributed by atoms with Crippen LogP contribution in [0.1, 0.15) is 80.6 Å². The van der Waals surface area contributed by atoms with Crippen LogP contribution in [0.2, 0.25) is 0 Å². The van der Waals surface area contributed by atoms with Gasteiger partial charge in [-0.05, 0) is 29.5 Å². The van der Waals surface area contributed by atoms with Crippen LogP contribution >= 0.6 is 0 Å². The lowest BCUT2D eigenvalue weighted by atomic mass is 9.87. The Morgan fingerprint density at radius 3 is 2.53 bits per heavy atom. The molecule has 6 heteroatoms. The summed E-state index contributed by atoms with van der Waals surface area (Å²) >= 11 is 0. The van der Waals surface area contributed by atoms with Crippen LogP contribution in [0.4, 0.5) is 5.95 Å². The van der Waals surface area contributed by atoms with Crippen molar-refractivity contribution >= 4 is 17.8 Å². The van der Waals surface area contributed by atoms with Crippen LogP contribution in [0.25, 0.3) is 0 Å². The maximum atomic E-state index is 12.6. The minimum atomic E-state index is -0.223. The monoisotopic (exact) mass is 408 g/mol. The van der Waals surface area contributed by atoms with Gasteiger partial charge in [0.05, 0.1) is 5.69 Å². The Labute approximate surface area is 179 Å². The number of amides is 2. The number of carbonyl (C=O) groups is 2. The topological polar surface area (TPSA) is 75.2 Å². The minimum absolute atomic E-state index is 0.0435. The Hall–Kier alpha value is -2.76. The summed E-state index contributed by atoms with van der Waals surface area (Å²) in [7, 11) is 0. The molecule has 1 aromatic heterocycles. The maximum absolute atomic E-state index is 12.6. The van der Waals surface area contributed by atoms with Crippen molar-refractivity contribution in [2.24, 2.45) is 0 Å². The highest BCUT2D eigenvalue weighted by Gasteiger charge is 2.22. The highest BCUT2D eigenvalue weighted by molar-refractivity contribution is 6.03. The number of rotatable bonds is 6. The van der Waals surface area contributed by atoms with E-state index in [0.29, 0.717) is 37.4 Å². The van der Waals surface area contributed by atoms with Crippen LogP contribution in [-0.2, 0) is 23.2 Å². The fourth-order valence-corrected chi connectivity index (χ4v) is 3.57. The lowest BCUT2D eigenvalue weighted by Crippen LogP contribution is -2.36. The molecule has 1 N–H and O–H groups in total. The molecule has 0 saturated carbocycles. The summed E-state index contributed by atoms with van der Waals surface area (Å²) in [6.07, 6.45) is 6.15. The molecule has 0 aliphatic carbocycles. The van der Waals surface area contributed by atoms with E-state index in [0.717, 1.165) is 30.5 Å². The molecule has 3 rings (SSSR count). The van der Waals surface area contributed by atoms with Gasteiger partial charge in [0, 0.05) is 43.3 Å². The third-order valence-electron chi connectivity index (χ3n) is 5.52. The van der Waals surface area contributed by atoms with E-state index in [1.54, 1.807) is 6.20 Å². The average Bonchev–Trinajstić information content (AvgIpc) is 2.73. The third kappa shape index (κ3) is 5.43. The van der Waals surface area contributed by atoms with Gasteiger partial charge >= 0.3 is 0 Å². The molecule has 1 aliphatic rings. The second-order valence-electron chi connectivity index (χ2n) is 8.97. The number of nitrogens with one attached hydrogen (secondary N) is 1. The zero-order valence-electron chi connectivity index (χ0n) is 18.5. The number of hydrogen-bond donors (Lipinski definition) is 1. The normalized spacial score (nSPS) is 13.7. The molecular formula is C24H32N4O2. The highest BCUT2D eigenvalue weighted by Crippen LogP contribution is 2.23. The van der Waals surface area contributed by atoms with Crippen LogP contribution in [0.5, 0.6) is 0 Å². The van der Waals surface area contributed by atoms with Crippen molar-refractivity contribution < 1.29 is 9.59 Å². The van der Waals surface area contributed by atoms with Gasteiger partial charge < -0.3 is 4.90 Å². The number of nitrogens with zero attached hydrogens (tertiary/aromatic N) is 3. The quantitative estimate of drug-likeness (QED) is 0.715. The summed E-state index contributed by atoms with van der Waals surface area (Å²) in [4.78, 5) is 35.6. The predicted octanol–water partition coefficient (Wildman–Crippen LogP) is 4.49. The van der Waals surface area contributed by atoms with Crippen LogP contribution in [-0.4, -0.2) is 33.2 Å². The summed E-state index contributed by atoms with van der Waals surface area (Å²) in [5, 5.41) is 2.79. The van der Waals surface area contributed by atoms with Crippen LogP contribution < -0.4 is 5.32 Å². The summed E-state index contributed by atoms with van der Waals surface area (Å²) in [6, 6.07) is 7.62. The molecule has 30 heavy (non-hydrogen) atoms. The molecule has 0 atom stereocenters. The van der Waals surface area contributed by atoms with Crippen molar-refractivity contribution in [1.29, 1.82) is 0 Å². The van der Waals surface area contributed by atoms with E-state index >= 15 is 0 Å². The smallest absolute Gasteiger partial charge is 0.258 e. The summed E-state index contributed by atoms with van der Waals surface area (Å²) in [5.74, 6) is 0.283. The fraction of sp³-hybridized carbons (Fsp3) is 0.500. The van der Waals surface area contributed by atoms with Gasteiger partial charge in [-0.1, -0.05) is 52.7 Å². The van der Waals surface area contributed by atoms with E-state index in [9.17, 15) is 9.59 Å². The van der Waals surface area contributed by atoms with E-state index < -0.39 is 0 Å². The van der Waals surface area contributed by atoms with Crippen LogP contribution in [0.15, 0.2) is 30.5 Å². The molecular weight excluding hydrogens is 376 g/mol. The first-order chi connectivity index (χ1) is 14.3. The van der Waals surface area contributed by atoms with Gasteiger partial charge in [-0.3, -0.25) is 14.9 Å². The van der Waals surface area contributed by atoms with E-state index in [2.05, 4.69) is 43.0 Å². The van der Waals surface area contributed by atoms with Gasteiger partial charge in [0.15, 0.2) is 0 Å². The lowest BCUT2D eigenvalue weighted by molar-refractivity contribution is -0.132.